The summed E-state index contributed by atoms with van der Waals surface area (Å²) >= 11 is 6.07. The molecule has 24 heavy (non-hydrogen) atoms. The van der Waals surface area contributed by atoms with E-state index in [1.165, 1.54) is 0 Å². The summed E-state index contributed by atoms with van der Waals surface area (Å²) in [4.78, 5) is 19.1. The third-order valence-corrected chi connectivity index (χ3v) is 4.65. The van der Waals surface area contributed by atoms with Crippen LogP contribution in [0.2, 0.25) is 5.02 Å². The molecular formula is C19H20ClN3O. The van der Waals surface area contributed by atoms with Gasteiger partial charge in [0.05, 0.1) is 17.2 Å². The Morgan fingerprint density at radius 1 is 1.21 bits per heavy atom. The lowest BCUT2D eigenvalue weighted by Gasteiger charge is -2.25. The van der Waals surface area contributed by atoms with Gasteiger partial charge in [-0.2, -0.15) is 0 Å². The molecule has 2 aromatic carbocycles. The number of aromatic nitrogens is 2. The summed E-state index contributed by atoms with van der Waals surface area (Å²) in [6.07, 6.45) is 1.63. The Hall–Kier alpha value is -2.17. The Bertz CT molecular complexity index is 906. The van der Waals surface area contributed by atoms with Gasteiger partial charge in [0.2, 0.25) is 0 Å². The van der Waals surface area contributed by atoms with Crippen LogP contribution in [0.3, 0.4) is 0 Å². The highest BCUT2D eigenvalue weighted by Gasteiger charge is 2.12. The van der Waals surface area contributed by atoms with Crippen LogP contribution >= 0.6 is 11.6 Å². The number of nitrogens with zero attached hydrogens (tertiary/aromatic N) is 3. The number of para-hydroxylation sites is 1. The third-order valence-electron chi connectivity index (χ3n) is 4.42. The first-order valence-corrected chi connectivity index (χ1v) is 8.34. The molecular weight excluding hydrogens is 322 g/mol. The molecule has 1 heterocycles. The lowest BCUT2D eigenvalue weighted by atomic mass is 10.1. The molecule has 5 heteroatoms. The number of rotatable bonds is 5. The molecule has 0 N–H and O–H groups in total. The van der Waals surface area contributed by atoms with Gasteiger partial charge in [0, 0.05) is 24.2 Å². The van der Waals surface area contributed by atoms with Gasteiger partial charge in [-0.3, -0.25) is 14.3 Å². The Morgan fingerprint density at radius 2 is 2.00 bits per heavy atom. The number of halogens is 1. The van der Waals surface area contributed by atoms with E-state index in [4.69, 9.17) is 11.6 Å². The van der Waals surface area contributed by atoms with Crippen molar-refractivity contribution in [2.24, 2.45) is 0 Å². The summed E-state index contributed by atoms with van der Waals surface area (Å²) in [6.45, 7) is 3.47. The molecule has 1 aromatic heterocycles. The Labute approximate surface area is 146 Å². The number of benzene rings is 2. The average molecular weight is 342 g/mol. The number of fused-ring (bicyclic) bond motifs is 1. The fourth-order valence-electron chi connectivity index (χ4n) is 2.75. The minimum absolute atomic E-state index is 0.00408. The van der Waals surface area contributed by atoms with E-state index in [0.29, 0.717) is 11.9 Å². The molecule has 3 aromatic rings. The minimum atomic E-state index is 0.00408. The van der Waals surface area contributed by atoms with Gasteiger partial charge in [0.15, 0.2) is 0 Å². The quantitative estimate of drug-likeness (QED) is 0.709. The number of hydrogen-bond acceptors (Lipinski definition) is 3. The molecule has 124 valence electrons. The van der Waals surface area contributed by atoms with Gasteiger partial charge in [-0.05, 0) is 43.8 Å². The monoisotopic (exact) mass is 341 g/mol. The maximum Gasteiger partial charge on any atom is 0.261 e. The fourth-order valence-corrected chi connectivity index (χ4v) is 2.94. The largest absolute Gasteiger partial charge is 0.298 e. The average Bonchev–Trinajstić information content (AvgIpc) is 2.60. The zero-order chi connectivity index (χ0) is 17.1. The zero-order valence-electron chi connectivity index (χ0n) is 13.8. The van der Waals surface area contributed by atoms with Crippen molar-refractivity contribution in [1.82, 2.24) is 14.5 Å². The van der Waals surface area contributed by atoms with Crippen molar-refractivity contribution in [2.75, 3.05) is 13.6 Å². The molecule has 0 aliphatic carbocycles. The molecule has 0 aliphatic heterocycles. The number of likely N-dealkylation sites (N-methyl/N-ethyl adjacent to an activating group) is 1. The first-order valence-electron chi connectivity index (χ1n) is 7.96. The van der Waals surface area contributed by atoms with E-state index in [1.807, 2.05) is 49.5 Å². The molecule has 0 saturated carbocycles. The van der Waals surface area contributed by atoms with Crippen LogP contribution in [0, 0.1) is 0 Å². The Kier molecular flexibility index (Phi) is 4.97. The molecule has 3 rings (SSSR count). The second-order valence-corrected chi connectivity index (χ2v) is 6.41. The first-order chi connectivity index (χ1) is 11.6. The molecule has 4 nitrogen and oxygen atoms in total. The maximum absolute atomic E-state index is 12.5. The molecule has 1 atom stereocenters. The summed E-state index contributed by atoms with van der Waals surface area (Å²) in [7, 11) is 2.05. The van der Waals surface area contributed by atoms with Gasteiger partial charge >= 0.3 is 0 Å². The number of hydrogen-bond donors (Lipinski definition) is 0. The third kappa shape index (κ3) is 3.50. The van der Waals surface area contributed by atoms with E-state index in [0.717, 1.165) is 22.6 Å². The molecule has 0 amide bonds. The topological polar surface area (TPSA) is 38.1 Å². The van der Waals surface area contributed by atoms with Crippen molar-refractivity contribution in [3.63, 3.8) is 0 Å². The predicted octanol–water partition coefficient (Wildman–Crippen LogP) is 3.74. The van der Waals surface area contributed by atoms with Crippen LogP contribution in [-0.2, 0) is 6.54 Å². The van der Waals surface area contributed by atoms with Gasteiger partial charge in [-0.15, -0.1) is 0 Å². The summed E-state index contributed by atoms with van der Waals surface area (Å²) < 4.78 is 1.67. The van der Waals surface area contributed by atoms with Crippen molar-refractivity contribution in [1.29, 1.82) is 0 Å². The molecule has 0 spiro atoms. The van der Waals surface area contributed by atoms with Crippen molar-refractivity contribution >= 4 is 22.5 Å². The summed E-state index contributed by atoms with van der Waals surface area (Å²) in [6, 6.07) is 15.5. The van der Waals surface area contributed by atoms with Gasteiger partial charge in [0.1, 0.15) is 0 Å². The van der Waals surface area contributed by atoms with Crippen LogP contribution in [0.15, 0.2) is 59.7 Å². The summed E-state index contributed by atoms with van der Waals surface area (Å²) in [5.74, 6) is 0. The maximum atomic E-state index is 12.5. The van der Waals surface area contributed by atoms with Crippen LogP contribution < -0.4 is 5.56 Å². The van der Waals surface area contributed by atoms with Crippen LogP contribution in [0.25, 0.3) is 10.9 Å². The highest BCUT2D eigenvalue weighted by molar-refractivity contribution is 6.30. The van der Waals surface area contributed by atoms with Gasteiger partial charge in [-0.1, -0.05) is 35.9 Å². The predicted molar refractivity (Wildman–Crippen MR) is 98.5 cm³/mol. The highest BCUT2D eigenvalue weighted by Crippen LogP contribution is 2.21. The second-order valence-electron chi connectivity index (χ2n) is 5.97. The van der Waals surface area contributed by atoms with Crippen LogP contribution in [0.4, 0.5) is 0 Å². The van der Waals surface area contributed by atoms with Crippen LogP contribution in [0.5, 0.6) is 0 Å². The van der Waals surface area contributed by atoms with E-state index in [2.05, 4.69) is 22.9 Å². The van der Waals surface area contributed by atoms with Crippen LogP contribution in [-0.4, -0.2) is 28.0 Å². The fraction of sp³-hybridized carbons (Fsp3) is 0.263. The minimum Gasteiger partial charge on any atom is -0.298 e. The standard InChI is InChI=1S/C19H20ClN3O/c1-14(15-6-5-7-16(20)12-15)22(2)10-11-23-13-21-18-9-4-3-8-17(18)19(23)24/h3-9,12-14H,10-11H2,1-2H3/t14-/m1/s1. The molecule has 0 bridgehead atoms. The van der Waals surface area contributed by atoms with Crippen molar-refractivity contribution in [3.05, 3.63) is 75.8 Å². The molecule has 0 fully saturated rings. The Balaban J connectivity index is 1.73. The van der Waals surface area contributed by atoms with Crippen molar-refractivity contribution in [3.8, 4) is 0 Å². The van der Waals surface area contributed by atoms with Gasteiger partial charge in [-0.25, -0.2) is 4.98 Å². The van der Waals surface area contributed by atoms with Crippen LogP contribution in [0.1, 0.15) is 18.5 Å². The zero-order valence-corrected chi connectivity index (χ0v) is 14.6. The molecule has 0 radical (unpaired) electrons. The summed E-state index contributed by atoms with van der Waals surface area (Å²) in [5, 5.41) is 1.40. The van der Waals surface area contributed by atoms with E-state index in [-0.39, 0.29) is 11.6 Å². The lowest BCUT2D eigenvalue weighted by molar-refractivity contribution is 0.250. The SMILES string of the molecule is C[C@H](c1cccc(Cl)c1)N(C)CCn1cnc2ccccc2c1=O. The second kappa shape index (κ2) is 7.16. The molecule has 0 aliphatic rings. The van der Waals surface area contributed by atoms with Crippen molar-refractivity contribution < 1.29 is 0 Å². The van der Waals surface area contributed by atoms with Gasteiger partial charge < -0.3 is 0 Å². The van der Waals surface area contributed by atoms with E-state index in [1.54, 1.807) is 10.9 Å². The Morgan fingerprint density at radius 3 is 2.79 bits per heavy atom. The first kappa shape index (κ1) is 16.7. The van der Waals surface area contributed by atoms with E-state index in [9.17, 15) is 4.79 Å². The molecule has 0 saturated heterocycles. The normalized spacial score (nSPS) is 12.7. The lowest BCUT2D eigenvalue weighted by Crippen LogP contribution is -2.30. The smallest absolute Gasteiger partial charge is 0.261 e. The van der Waals surface area contributed by atoms with E-state index >= 15 is 0 Å². The highest BCUT2D eigenvalue weighted by atomic mass is 35.5. The van der Waals surface area contributed by atoms with E-state index < -0.39 is 0 Å². The van der Waals surface area contributed by atoms with Gasteiger partial charge in [0.25, 0.3) is 5.56 Å². The molecule has 0 unspecified atom stereocenters. The summed E-state index contributed by atoms with van der Waals surface area (Å²) in [5.41, 5.74) is 1.90. The van der Waals surface area contributed by atoms with Crippen molar-refractivity contribution in [2.45, 2.75) is 19.5 Å².